The van der Waals surface area contributed by atoms with Gasteiger partial charge in [0, 0.05) is 25.2 Å². The van der Waals surface area contributed by atoms with Crippen molar-refractivity contribution in [2.75, 3.05) is 13.1 Å². The van der Waals surface area contributed by atoms with Gasteiger partial charge in [-0.15, -0.1) is 12.4 Å². The summed E-state index contributed by atoms with van der Waals surface area (Å²) in [6.07, 6.45) is -1.35. The van der Waals surface area contributed by atoms with Crippen molar-refractivity contribution in [1.29, 1.82) is 0 Å². The van der Waals surface area contributed by atoms with Gasteiger partial charge < -0.3 is 15.2 Å². The fourth-order valence-electron chi connectivity index (χ4n) is 1.66. The fourth-order valence-corrected chi connectivity index (χ4v) is 1.66. The van der Waals surface area contributed by atoms with Gasteiger partial charge in [-0.1, -0.05) is 0 Å². The number of β-amino-alcohol motifs (C(OH)–C–C–N with tert-alkyl or cyclic N) is 1. The Bertz CT molecular complexity index is 446. The van der Waals surface area contributed by atoms with Crippen LogP contribution in [0.25, 0.3) is 0 Å². The van der Waals surface area contributed by atoms with Crippen molar-refractivity contribution in [3.8, 4) is 5.75 Å². The molecule has 1 heterocycles. The fraction of sp³-hybridized carbons (Fsp3) is 0.400. The summed E-state index contributed by atoms with van der Waals surface area (Å²) in [5.41, 5.74) is -0.314. The molecule has 0 aliphatic carbocycles. The van der Waals surface area contributed by atoms with E-state index in [0.29, 0.717) is 13.1 Å². The minimum Gasteiger partial charge on any atom is -0.479 e. The third-order valence-electron chi connectivity index (χ3n) is 2.53. The van der Waals surface area contributed by atoms with Crippen LogP contribution in [0.3, 0.4) is 0 Å². The molecule has 18 heavy (non-hydrogen) atoms. The summed E-state index contributed by atoms with van der Waals surface area (Å²) in [5.74, 6) is -0.784. The minimum atomic E-state index is -0.752. The first-order chi connectivity index (χ1) is 8.08. The molecule has 0 saturated carbocycles. The smallest absolute Gasteiger partial charge is 0.311 e. The van der Waals surface area contributed by atoms with E-state index < -0.39 is 22.9 Å². The van der Waals surface area contributed by atoms with E-state index in [-0.39, 0.29) is 23.8 Å². The van der Waals surface area contributed by atoms with Gasteiger partial charge in [-0.25, -0.2) is 4.39 Å². The largest absolute Gasteiger partial charge is 0.479 e. The van der Waals surface area contributed by atoms with E-state index in [9.17, 15) is 19.6 Å². The molecule has 0 unspecified atom stereocenters. The third kappa shape index (κ3) is 3.06. The van der Waals surface area contributed by atoms with Gasteiger partial charge in [0.2, 0.25) is 0 Å². The number of hydrogen-bond acceptors (Lipinski definition) is 5. The van der Waals surface area contributed by atoms with Gasteiger partial charge in [0.15, 0.2) is 5.75 Å². The number of rotatable bonds is 3. The van der Waals surface area contributed by atoms with Gasteiger partial charge in [0.05, 0.1) is 4.92 Å². The summed E-state index contributed by atoms with van der Waals surface area (Å²) < 4.78 is 18.3. The summed E-state index contributed by atoms with van der Waals surface area (Å²) in [6, 6.07) is 2.98. The zero-order chi connectivity index (χ0) is 12.4. The monoisotopic (exact) mass is 278 g/mol. The van der Waals surface area contributed by atoms with Crippen LogP contribution in [0, 0.1) is 15.9 Å². The first-order valence-electron chi connectivity index (χ1n) is 5.07. The molecule has 1 aliphatic rings. The van der Waals surface area contributed by atoms with Crippen LogP contribution in [0.2, 0.25) is 0 Å². The highest BCUT2D eigenvalue weighted by atomic mass is 35.5. The van der Waals surface area contributed by atoms with E-state index in [0.717, 1.165) is 18.2 Å². The van der Waals surface area contributed by atoms with Gasteiger partial charge in [-0.3, -0.25) is 10.1 Å². The molecular weight excluding hydrogens is 267 g/mol. The van der Waals surface area contributed by atoms with Gasteiger partial charge >= 0.3 is 5.69 Å². The molecule has 100 valence electrons. The average Bonchev–Trinajstić information content (AvgIpc) is 2.64. The topological polar surface area (TPSA) is 84.6 Å². The Morgan fingerprint density at radius 3 is 2.78 bits per heavy atom. The molecule has 0 bridgehead atoms. The van der Waals surface area contributed by atoms with E-state index in [1.807, 2.05) is 0 Å². The zero-order valence-electron chi connectivity index (χ0n) is 9.21. The summed E-state index contributed by atoms with van der Waals surface area (Å²) in [7, 11) is 0. The van der Waals surface area contributed by atoms with E-state index in [1.54, 1.807) is 0 Å². The SMILES string of the molecule is Cl.O=[N+]([O-])c1ccc(F)cc1O[C@@H]1CNC[C@H]1O. The Kier molecular flexibility index (Phi) is 4.83. The maximum absolute atomic E-state index is 13.0. The number of nitro groups is 1. The van der Waals surface area contributed by atoms with Crippen LogP contribution in [-0.4, -0.2) is 35.3 Å². The molecule has 2 N–H and O–H groups in total. The molecule has 0 spiro atoms. The Balaban J connectivity index is 0.00000162. The second-order valence-electron chi connectivity index (χ2n) is 3.75. The van der Waals surface area contributed by atoms with Crippen LogP contribution in [0.5, 0.6) is 5.75 Å². The van der Waals surface area contributed by atoms with Crippen LogP contribution in [0.4, 0.5) is 10.1 Å². The molecule has 2 rings (SSSR count). The maximum atomic E-state index is 13.0. The highest BCUT2D eigenvalue weighted by Gasteiger charge is 2.29. The molecule has 0 amide bonds. The molecule has 2 atom stereocenters. The first-order valence-corrected chi connectivity index (χ1v) is 5.07. The number of nitro benzene ring substituents is 1. The summed E-state index contributed by atoms with van der Waals surface area (Å²) in [5, 5.41) is 23.1. The van der Waals surface area contributed by atoms with Crippen molar-refractivity contribution in [1.82, 2.24) is 5.32 Å². The van der Waals surface area contributed by atoms with Crippen molar-refractivity contribution in [2.24, 2.45) is 0 Å². The molecule has 0 aromatic heterocycles. The average molecular weight is 279 g/mol. The number of benzene rings is 1. The Labute approximate surface area is 108 Å². The lowest BCUT2D eigenvalue weighted by Gasteiger charge is -2.15. The second kappa shape index (κ2) is 5.94. The molecular formula is C10H12ClFN2O4. The maximum Gasteiger partial charge on any atom is 0.311 e. The minimum absolute atomic E-state index is 0. The lowest BCUT2D eigenvalue weighted by atomic mass is 10.2. The number of nitrogens with one attached hydrogen (secondary N) is 1. The molecule has 1 aromatic rings. The first kappa shape index (κ1) is 14.6. The van der Waals surface area contributed by atoms with Crippen LogP contribution >= 0.6 is 12.4 Å². The zero-order valence-corrected chi connectivity index (χ0v) is 10.0. The van der Waals surface area contributed by atoms with Crippen LogP contribution in [0.1, 0.15) is 0 Å². The standard InChI is InChI=1S/C10H11FN2O4.ClH/c11-6-1-2-7(13(15)16)9(3-6)17-10-5-12-4-8(10)14;/h1-3,8,10,12,14H,4-5H2;1H/t8-,10-;/m1./s1. The number of ether oxygens (including phenoxy) is 1. The van der Waals surface area contributed by atoms with Crippen molar-refractivity contribution in [3.05, 3.63) is 34.1 Å². The van der Waals surface area contributed by atoms with Crippen LogP contribution in [0.15, 0.2) is 18.2 Å². The molecule has 1 saturated heterocycles. The lowest BCUT2D eigenvalue weighted by molar-refractivity contribution is -0.386. The van der Waals surface area contributed by atoms with Gasteiger partial charge in [-0.2, -0.15) is 0 Å². The van der Waals surface area contributed by atoms with Crippen LogP contribution < -0.4 is 10.1 Å². The highest BCUT2D eigenvalue weighted by Crippen LogP contribution is 2.29. The Morgan fingerprint density at radius 2 is 2.22 bits per heavy atom. The summed E-state index contributed by atoms with van der Waals surface area (Å²) >= 11 is 0. The molecule has 0 radical (unpaired) electrons. The van der Waals surface area contributed by atoms with E-state index in [2.05, 4.69) is 5.32 Å². The number of aliphatic hydroxyl groups excluding tert-OH is 1. The Morgan fingerprint density at radius 1 is 1.50 bits per heavy atom. The number of aliphatic hydroxyl groups is 1. The number of nitrogens with zero attached hydrogens (tertiary/aromatic N) is 1. The molecule has 6 nitrogen and oxygen atoms in total. The van der Waals surface area contributed by atoms with Crippen LogP contribution in [-0.2, 0) is 0 Å². The normalized spacial score (nSPS) is 22.3. The van der Waals surface area contributed by atoms with Gasteiger partial charge in [-0.05, 0) is 6.07 Å². The van der Waals surface area contributed by atoms with Crippen molar-refractivity contribution < 1.29 is 19.2 Å². The highest BCUT2D eigenvalue weighted by molar-refractivity contribution is 5.85. The second-order valence-corrected chi connectivity index (χ2v) is 3.75. The summed E-state index contributed by atoms with van der Waals surface area (Å²) in [4.78, 5) is 10.1. The van der Waals surface area contributed by atoms with Gasteiger partial charge in [0.25, 0.3) is 0 Å². The van der Waals surface area contributed by atoms with Gasteiger partial charge in [0.1, 0.15) is 18.0 Å². The lowest BCUT2D eigenvalue weighted by Crippen LogP contribution is -2.30. The Hall–Kier alpha value is -1.44. The molecule has 1 aromatic carbocycles. The predicted octanol–water partition coefficient (Wildman–Crippen LogP) is 0.867. The van der Waals surface area contributed by atoms with Crippen molar-refractivity contribution >= 4 is 18.1 Å². The number of hydrogen-bond donors (Lipinski definition) is 2. The molecule has 1 fully saturated rings. The molecule has 1 aliphatic heterocycles. The molecule has 8 heteroatoms. The number of halogens is 2. The summed E-state index contributed by atoms with van der Waals surface area (Å²) in [6.45, 7) is 0.725. The third-order valence-corrected chi connectivity index (χ3v) is 2.53. The van der Waals surface area contributed by atoms with E-state index >= 15 is 0 Å². The van der Waals surface area contributed by atoms with Crippen molar-refractivity contribution in [2.45, 2.75) is 12.2 Å². The van der Waals surface area contributed by atoms with E-state index in [1.165, 1.54) is 0 Å². The van der Waals surface area contributed by atoms with Crippen molar-refractivity contribution in [3.63, 3.8) is 0 Å². The van der Waals surface area contributed by atoms with E-state index in [4.69, 9.17) is 4.74 Å². The predicted molar refractivity (Wildman–Crippen MR) is 63.6 cm³/mol. The quantitative estimate of drug-likeness (QED) is 0.633.